The number of carbonyl (C=O) groups excluding carboxylic acids is 1. The molecule has 0 aromatic carbocycles. The van der Waals surface area contributed by atoms with Crippen LogP contribution in [0.2, 0.25) is 0 Å². The van der Waals surface area contributed by atoms with Crippen LogP contribution in [0.15, 0.2) is 24.3 Å². The normalized spacial score (nSPS) is 20.6. The molecule has 0 atom stereocenters. The first-order valence-electron chi connectivity index (χ1n) is 6.72. The van der Waals surface area contributed by atoms with Crippen molar-refractivity contribution in [2.24, 2.45) is 0 Å². The summed E-state index contributed by atoms with van der Waals surface area (Å²) in [7, 11) is -0.380. The lowest BCUT2D eigenvalue weighted by Gasteiger charge is -2.32. The Morgan fingerprint density at radius 2 is 1.80 bits per heavy atom. The second-order valence-electron chi connectivity index (χ2n) is 6.01. The summed E-state index contributed by atoms with van der Waals surface area (Å²) in [5.74, 6) is 1.85. The molecule has 0 bridgehead atoms. The van der Waals surface area contributed by atoms with E-state index in [2.05, 4.69) is 4.98 Å². The van der Waals surface area contributed by atoms with Crippen LogP contribution in [0.3, 0.4) is 0 Å². The molecule has 0 spiro atoms. The van der Waals surface area contributed by atoms with Gasteiger partial charge in [0.05, 0.1) is 16.9 Å². The number of ketones is 1. The Kier molecular flexibility index (Phi) is 3.85. The average Bonchev–Trinajstić information content (AvgIpc) is 2.56. The molecular formula is C15H20BNO3. The lowest BCUT2D eigenvalue weighted by molar-refractivity contribution is 0.00578. The number of hydrogen-bond acceptors (Lipinski definition) is 4. The number of carbonyl (C=O) groups is 1. The second-order valence-corrected chi connectivity index (χ2v) is 6.01. The Bertz CT molecular complexity index is 519. The Hall–Kier alpha value is -1.46. The summed E-state index contributed by atoms with van der Waals surface area (Å²) >= 11 is 0. The molecular weight excluding hydrogens is 253 g/mol. The molecule has 1 aliphatic rings. The zero-order valence-electron chi connectivity index (χ0n) is 12.6. The van der Waals surface area contributed by atoms with E-state index in [1.165, 1.54) is 6.92 Å². The van der Waals surface area contributed by atoms with Crippen LogP contribution >= 0.6 is 0 Å². The zero-order valence-corrected chi connectivity index (χ0v) is 12.6. The van der Waals surface area contributed by atoms with Crippen LogP contribution in [-0.2, 0) is 9.31 Å². The molecule has 106 valence electrons. The average molecular weight is 273 g/mol. The van der Waals surface area contributed by atoms with Gasteiger partial charge in [0.1, 0.15) is 0 Å². The molecule has 5 heteroatoms. The van der Waals surface area contributed by atoms with Gasteiger partial charge in [-0.15, -0.1) is 0 Å². The van der Waals surface area contributed by atoms with E-state index in [-0.39, 0.29) is 24.1 Å². The summed E-state index contributed by atoms with van der Waals surface area (Å²) in [6.07, 6.45) is 3.41. The third kappa shape index (κ3) is 2.99. The molecule has 0 N–H and O–H groups in total. The number of nitrogens with zero attached hydrogens (tertiary/aromatic N) is 1. The SMILES string of the molecule is CC(=O)c1ccc(/C=C/B2OC(C)(C)C(C)(C)O2)nc1. The van der Waals surface area contributed by atoms with Crippen molar-refractivity contribution in [3.63, 3.8) is 0 Å². The molecule has 0 saturated carbocycles. The van der Waals surface area contributed by atoms with Gasteiger partial charge in [0, 0.05) is 11.8 Å². The van der Waals surface area contributed by atoms with Gasteiger partial charge in [0.25, 0.3) is 0 Å². The highest BCUT2D eigenvalue weighted by Crippen LogP contribution is 2.36. The van der Waals surface area contributed by atoms with Gasteiger partial charge in [-0.1, -0.05) is 5.98 Å². The third-order valence-electron chi connectivity index (χ3n) is 3.89. The van der Waals surface area contributed by atoms with E-state index in [1.54, 1.807) is 18.3 Å². The van der Waals surface area contributed by atoms with Crippen molar-refractivity contribution in [1.29, 1.82) is 0 Å². The van der Waals surface area contributed by atoms with Crippen LogP contribution in [0, 0.1) is 0 Å². The summed E-state index contributed by atoms with van der Waals surface area (Å²) in [6.45, 7) is 9.58. The molecule has 0 amide bonds. The van der Waals surface area contributed by atoms with E-state index < -0.39 is 0 Å². The van der Waals surface area contributed by atoms with Crippen molar-refractivity contribution < 1.29 is 14.1 Å². The highest BCUT2D eigenvalue weighted by Gasteiger charge is 2.49. The Morgan fingerprint density at radius 3 is 2.25 bits per heavy atom. The van der Waals surface area contributed by atoms with Crippen LogP contribution in [0.1, 0.15) is 50.7 Å². The summed E-state index contributed by atoms with van der Waals surface area (Å²) < 4.78 is 11.7. The van der Waals surface area contributed by atoms with Crippen LogP contribution in [-0.4, -0.2) is 29.1 Å². The first-order valence-corrected chi connectivity index (χ1v) is 6.72. The van der Waals surface area contributed by atoms with Gasteiger partial charge in [-0.05, 0) is 52.8 Å². The minimum absolute atomic E-state index is 0.0130. The van der Waals surface area contributed by atoms with Gasteiger partial charge in [-0.25, -0.2) is 0 Å². The summed E-state index contributed by atoms with van der Waals surface area (Å²) in [5, 5.41) is 0. The molecule has 1 aromatic heterocycles. The van der Waals surface area contributed by atoms with Crippen molar-refractivity contribution >= 4 is 19.0 Å². The molecule has 0 radical (unpaired) electrons. The van der Waals surface area contributed by atoms with Crippen molar-refractivity contribution in [3.05, 3.63) is 35.6 Å². The second kappa shape index (κ2) is 5.15. The molecule has 1 saturated heterocycles. The maximum Gasteiger partial charge on any atom is 0.487 e. The standard InChI is InChI=1S/C15H20BNO3/c1-11(18)12-6-7-13(17-10-12)8-9-16-19-14(2,3)15(4,5)20-16/h6-10H,1-5H3/b9-8+. The Balaban J connectivity index is 2.06. The third-order valence-corrected chi connectivity index (χ3v) is 3.89. The number of pyridine rings is 1. The lowest BCUT2D eigenvalue weighted by Crippen LogP contribution is -2.41. The molecule has 2 rings (SSSR count). The maximum atomic E-state index is 11.2. The number of Topliss-reactive ketones (excluding diaryl/α,β-unsaturated/α-hetero) is 1. The van der Waals surface area contributed by atoms with E-state index >= 15 is 0 Å². The topological polar surface area (TPSA) is 48.4 Å². The molecule has 1 fully saturated rings. The molecule has 0 unspecified atom stereocenters. The number of hydrogen-bond donors (Lipinski definition) is 0. The zero-order chi connectivity index (χ0) is 15.0. The lowest BCUT2D eigenvalue weighted by atomic mass is 9.89. The fourth-order valence-corrected chi connectivity index (χ4v) is 1.86. The molecule has 4 nitrogen and oxygen atoms in total. The molecule has 0 aliphatic carbocycles. The van der Waals surface area contributed by atoms with E-state index in [0.717, 1.165) is 5.69 Å². The number of aromatic nitrogens is 1. The minimum Gasteiger partial charge on any atom is -0.400 e. The Labute approximate surface area is 120 Å². The predicted molar refractivity (Wildman–Crippen MR) is 79.4 cm³/mol. The molecule has 1 aliphatic heterocycles. The summed E-state index contributed by atoms with van der Waals surface area (Å²) in [6, 6.07) is 3.57. The van der Waals surface area contributed by atoms with Gasteiger partial charge >= 0.3 is 7.12 Å². The van der Waals surface area contributed by atoms with E-state index in [1.807, 2.05) is 39.7 Å². The smallest absolute Gasteiger partial charge is 0.400 e. The fourth-order valence-electron chi connectivity index (χ4n) is 1.86. The van der Waals surface area contributed by atoms with Crippen LogP contribution in [0.4, 0.5) is 0 Å². The van der Waals surface area contributed by atoms with Gasteiger partial charge in [0.2, 0.25) is 0 Å². The van der Waals surface area contributed by atoms with Crippen molar-refractivity contribution in [1.82, 2.24) is 4.98 Å². The Morgan fingerprint density at radius 1 is 1.20 bits per heavy atom. The monoisotopic (exact) mass is 273 g/mol. The molecule has 1 aromatic rings. The summed E-state index contributed by atoms with van der Waals surface area (Å²) in [4.78, 5) is 15.4. The van der Waals surface area contributed by atoms with Crippen LogP contribution in [0.25, 0.3) is 6.08 Å². The predicted octanol–water partition coefficient (Wildman–Crippen LogP) is 2.93. The van der Waals surface area contributed by atoms with Gasteiger partial charge < -0.3 is 9.31 Å². The highest BCUT2D eigenvalue weighted by atomic mass is 16.7. The van der Waals surface area contributed by atoms with Crippen molar-refractivity contribution in [3.8, 4) is 0 Å². The molecule has 20 heavy (non-hydrogen) atoms. The molecule has 2 heterocycles. The number of rotatable bonds is 3. The van der Waals surface area contributed by atoms with E-state index in [4.69, 9.17) is 9.31 Å². The van der Waals surface area contributed by atoms with Gasteiger partial charge in [0.15, 0.2) is 5.78 Å². The first-order chi connectivity index (χ1) is 9.21. The summed E-state index contributed by atoms with van der Waals surface area (Å²) in [5.41, 5.74) is 0.699. The van der Waals surface area contributed by atoms with Crippen molar-refractivity contribution in [2.75, 3.05) is 0 Å². The van der Waals surface area contributed by atoms with Gasteiger partial charge in [-0.2, -0.15) is 0 Å². The highest BCUT2D eigenvalue weighted by molar-refractivity contribution is 6.52. The fraction of sp³-hybridized carbons (Fsp3) is 0.467. The first kappa shape index (κ1) is 14.9. The van der Waals surface area contributed by atoms with Crippen LogP contribution in [0.5, 0.6) is 0 Å². The van der Waals surface area contributed by atoms with Crippen LogP contribution < -0.4 is 0 Å². The van der Waals surface area contributed by atoms with Gasteiger partial charge in [-0.3, -0.25) is 9.78 Å². The van der Waals surface area contributed by atoms with E-state index in [0.29, 0.717) is 5.56 Å². The quantitative estimate of drug-likeness (QED) is 0.627. The largest absolute Gasteiger partial charge is 0.487 e. The van der Waals surface area contributed by atoms with E-state index in [9.17, 15) is 4.79 Å². The van der Waals surface area contributed by atoms with Crippen molar-refractivity contribution in [2.45, 2.75) is 45.8 Å². The minimum atomic E-state index is -0.380. The maximum absolute atomic E-state index is 11.2.